The van der Waals surface area contributed by atoms with Crippen LogP contribution in [-0.4, -0.2) is 25.2 Å². The van der Waals surface area contributed by atoms with Gasteiger partial charge >= 0.3 is 11.9 Å². The van der Waals surface area contributed by atoms with Crippen molar-refractivity contribution in [2.24, 2.45) is 5.92 Å². The summed E-state index contributed by atoms with van der Waals surface area (Å²) in [7, 11) is 0. The third-order valence-corrected chi connectivity index (χ3v) is 2.59. The quantitative estimate of drug-likeness (QED) is 0.593. The Morgan fingerprint density at radius 3 is 2.19 bits per heavy atom. The van der Waals surface area contributed by atoms with Crippen molar-refractivity contribution < 1.29 is 19.1 Å². The van der Waals surface area contributed by atoms with E-state index in [0.29, 0.717) is 17.7 Å². The topological polar surface area (TPSA) is 52.6 Å². The summed E-state index contributed by atoms with van der Waals surface area (Å²) in [5.41, 5.74) is 1.78. The van der Waals surface area contributed by atoms with Gasteiger partial charge in [0.25, 0.3) is 0 Å². The van der Waals surface area contributed by atoms with Gasteiger partial charge in [0.1, 0.15) is 6.61 Å². The molecule has 0 bridgehead atoms. The minimum absolute atomic E-state index is 0.225. The normalized spacial score (nSPS) is 10.1. The number of ether oxygens (including phenoxy) is 2. The molecule has 21 heavy (non-hydrogen) atoms. The van der Waals surface area contributed by atoms with E-state index in [1.165, 1.54) is 6.07 Å². The van der Waals surface area contributed by atoms with Gasteiger partial charge in [0.15, 0.2) is 0 Å². The summed E-state index contributed by atoms with van der Waals surface area (Å²) in [6.45, 7) is 8.37. The number of hydrogen-bond donors (Lipinski definition) is 0. The molecule has 4 nitrogen and oxygen atoms in total. The Balaban J connectivity index is 2.69. The number of esters is 2. The summed E-state index contributed by atoms with van der Waals surface area (Å²) in [6.07, 6.45) is 1.82. The highest BCUT2D eigenvalue weighted by Crippen LogP contribution is 2.09. The van der Waals surface area contributed by atoms with Gasteiger partial charge in [-0.25, -0.2) is 9.59 Å². The number of carbonyl (C=O) groups is 2. The molecule has 0 spiro atoms. The van der Waals surface area contributed by atoms with Gasteiger partial charge in [-0.3, -0.25) is 0 Å². The Bertz CT molecular complexity index is 525. The molecule has 0 aliphatic rings. The maximum Gasteiger partial charge on any atom is 0.338 e. The van der Waals surface area contributed by atoms with Crippen LogP contribution in [0.2, 0.25) is 0 Å². The molecule has 1 aromatic rings. The Morgan fingerprint density at radius 1 is 1.10 bits per heavy atom. The highest BCUT2D eigenvalue weighted by molar-refractivity contribution is 5.95. The van der Waals surface area contributed by atoms with Crippen LogP contribution in [0.5, 0.6) is 0 Å². The van der Waals surface area contributed by atoms with Gasteiger partial charge in [-0.1, -0.05) is 25.5 Å². The first-order chi connectivity index (χ1) is 9.90. The minimum Gasteiger partial charge on any atom is -0.462 e. The Labute approximate surface area is 125 Å². The molecule has 1 rings (SSSR count). The first-order valence-electron chi connectivity index (χ1n) is 6.98. The monoisotopic (exact) mass is 290 g/mol. The predicted molar refractivity (Wildman–Crippen MR) is 81.3 cm³/mol. The molecule has 4 heteroatoms. The van der Waals surface area contributed by atoms with E-state index in [-0.39, 0.29) is 12.5 Å². The van der Waals surface area contributed by atoms with E-state index >= 15 is 0 Å². The van der Waals surface area contributed by atoms with Gasteiger partial charge in [-0.15, -0.1) is 0 Å². The van der Waals surface area contributed by atoms with Crippen molar-refractivity contribution in [1.29, 1.82) is 0 Å². The SMILES string of the molecule is CC(C)=CCOC(=O)c1cccc(C(=O)OCC(C)C)c1. The van der Waals surface area contributed by atoms with E-state index in [1.54, 1.807) is 18.2 Å². The molecule has 0 amide bonds. The molecule has 0 aliphatic heterocycles. The van der Waals surface area contributed by atoms with Gasteiger partial charge in [-0.2, -0.15) is 0 Å². The first-order valence-corrected chi connectivity index (χ1v) is 6.98. The largest absolute Gasteiger partial charge is 0.462 e. The standard InChI is InChI=1S/C17H22O4/c1-12(2)8-9-20-16(18)14-6-5-7-15(10-14)17(19)21-11-13(3)4/h5-8,10,13H,9,11H2,1-4H3. The van der Waals surface area contributed by atoms with Gasteiger partial charge in [0.05, 0.1) is 17.7 Å². The third kappa shape index (κ3) is 6.25. The van der Waals surface area contributed by atoms with Crippen molar-refractivity contribution in [3.05, 3.63) is 47.0 Å². The highest BCUT2D eigenvalue weighted by atomic mass is 16.5. The van der Waals surface area contributed by atoms with Gasteiger partial charge in [0, 0.05) is 0 Å². The minimum atomic E-state index is -0.453. The van der Waals surface area contributed by atoms with Crippen LogP contribution in [-0.2, 0) is 9.47 Å². The lowest BCUT2D eigenvalue weighted by Crippen LogP contribution is -2.12. The third-order valence-electron chi connectivity index (χ3n) is 2.59. The molecule has 0 fully saturated rings. The molecule has 0 atom stereocenters. The van der Waals surface area contributed by atoms with Crippen LogP contribution >= 0.6 is 0 Å². The average Bonchev–Trinajstić information content (AvgIpc) is 2.44. The molecule has 0 aliphatic carbocycles. The van der Waals surface area contributed by atoms with E-state index in [1.807, 2.05) is 33.8 Å². The summed E-state index contributed by atoms with van der Waals surface area (Å²) >= 11 is 0. The fourth-order valence-electron chi connectivity index (χ4n) is 1.47. The van der Waals surface area contributed by atoms with Crippen molar-refractivity contribution in [3.63, 3.8) is 0 Å². The van der Waals surface area contributed by atoms with E-state index in [2.05, 4.69) is 0 Å². The second kappa shape index (κ2) is 8.25. The smallest absolute Gasteiger partial charge is 0.338 e. The van der Waals surface area contributed by atoms with Crippen LogP contribution in [0.1, 0.15) is 48.4 Å². The van der Waals surface area contributed by atoms with E-state index < -0.39 is 11.9 Å². The van der Waals surface area contributed by atoms with E-state index in [4.69, 9.17) is 9.47 Å². The molecular formula is C17H22O4. The number of hydrogen-bond acceptors (Lipinski definition) is 4. The molecular weight excluding hydrogens is 268 g/mol. The number of benzene rings is 1. The maximum absolute atomic E-state index is 11.9. The lowest BCUT2D eigenvalue weighted by molar-refractivity contribution is 0.0459. The number of rotatable bonds is 6. The van der Waals surface area contributed by atoms with Crippen molar-refractivity contribution in [3.8, 4) is 0 Å². The van der Waals surface area contributed by atoms with Gasteiger partial charge < -0.3 is 9.47 Å². The molecule has 1 aromatic carbocycles. The summed E-state index contributed by atoms with van der Waals surface area (Å²) in [6, 6.07) is 6.37. The second-order valence-corrected chi connectivity index (χ2v) is 5.45. The average molecular weight is 290 g/mol. The molecule has 0 radical (unpaired) electrons. The molecule has 0 saturated carbocycles. The summed E-state index contributed by atoms with van der Waals surface area (Å²) < 4.78 is 10.2. The van der Waals surface area contributed by atoms with Crippen molar-refractivity contribution in [2.45, 2.75) is 27.7 Å². The maximum atomic E-state index is 11.9. The van der Waals surface area contributed by atoms with Crippen LogP contribution in [0.3, 0.4) is 0 Å². The fraction of sp³-hybridized carbons (Fsp3) is 0.412. The highest BCUT2D eigenvalue weighted by Gasteiger charge is 2.12. The summed E-state index contributed by atoms with van der Waals surface area (Å²) in [5.74, 6) is -0.611. The molecule has 0 aromatic heterocycles. The summed E-state index contributed by atoms with van der Waals surface area (Å²) in [5, 5.41) is 0. The van der Waals surface area contributed by atoms with Crippen LogP contribution in [0.15, 0.2) is 35.9 Å². The first kappa shape index (κ1) is 17.0. The molecule has 0 saturated heterocycles. The molecule has 0 heterocycles. The molecule has 114 valence electrons. The second-order valence-electron chi connectivity index (χ2n) is 5.45. The Morgan fingerprint density at radius 2 is 1.67 bits per heavy atom. The van der Waals surface area contributed by atoms with Crippen molar-refractivity contribution in [2.75, 3.05) is 13.2 Å². The van der Waals surface area contributed by atoms with E-state index in [9.17, 15) is 9.59 Å². The van der Waals surface area contributed by atoms with Gasteiger partial charge in [-0.05, 0) is 44.0 Å². The fourth-order valence-corrected chi connectivity index (χ4v) is 1.47. The molecule has 0 unspecified atom stereocenters. The molecule has 0 N–H and O–H groups in total. The van der Waals surface area contributed by atoms with Crippen LogP contribution in [0.4, 0.5) is 0 Å². The van der Waals surface area contributed by atoms with Crippen LogP contribution in [0.25, 0.3) is 0 Å². The van der Waals surface area contributed by atoms with Crippen LogP contribution in [0, 0.1) is 5.92 Å². The van der Waals surface area contributed by atoms with Crippen molar-refractivity contribution in [1.82, 2.24) is 0 Å². The zero-order valence-electron chi connectivity index (χ0n) is 13.0. The number of carbonyl (C=O) groups excluding carboxylic acids is 2. The van der Waals surface area contributed by atoms with Crippen LogP contribution < -0.4 is 0 Å². The zero-order valence-corrected chi connectivity index (χ0v) is 13.0. The lowest BCUT2D eigenvalue weighted by Gasteiger charge is -2.08. The predicted octanol–water partition coefficient (Wildman–Crippen LogP) is 3.62. The Hall–Kier alpha value is -2.10. The number of allylic oxidation sites excluding steroid dienone is 1. The lowest BCUT2D eigenvalue weighted by atomic mass is 10.1. The van der Waals surface area contributed by atoms with E-state index in [0.717, 1.165) is 5.57 Å². The van der Waals surface area contributed by atoms with Gasteiger partial charge in [0.2, 0.25) is 0 Å². The summed E-state index contributed by atoms with van der Waals surface area (Å²) in [4.78, 5) is 23.7. The van der Waals surface area contributed by atoms with Crippen molar-refractivity contribution >= 4 is 11.9 Å². The Kier molecular flexibility index (Phi) is 6.66. The zero-order chi connectivity index (χ0) is 15.8.